The molecule has 0 saturated heterocycles. The molecule has 0 radical (unpaired) electrons. The summed E-state index contributed by atoms with van der Waals surface area (Å²) in [6, 6.07) is 0.686. The van der Waals surface area contributed by atoms with Gasteiger partial charge in [0.15, 0.2) is 0 Å². The fraction of sp³-hybridized carbons (Fsp3) is 0.909. The van der Waals surface area contributed by atoms with Crippen LogP contribution in [0.15, 0.2) is 5.10 Å². The predicted molar refractivity (Wildman–Crippen MR) is 55.8 cm³/mol. The summed E-state index contributed by atoms with van der Waals surface area (Å²) in [5.74, 6) is 0.800. The minimum atomic E-state index is 0.686. The van der Waals surface area contributed by atoms with Crippen LogP contribution in [0.4, 0.5) is 0 Å². The second-order valence-electron chi connectivity index (χ2n) is 4.36. The van der Waals surface area contributed by atoms with Crippen molar-refractivity contribution in [3.05, 3.63) is 0 Å². The van der Waals surface area contributed by atoms with Crippen molar-refractivity contribution in [2.24, 2.45) is 11.0 Å². The van der Waals surface area contributed by atoms with Gasteiger partial charge in [-0.25, -0.2) is 0 Å². The highest BCUT2D eigenvalue weighted by Crippen LogP contribution is 2.26. The van der Waals surface area contributed by atoms with Gasteiger partial charge in [-0.2, -0.15) is 5.10 Å². The van der Waals surface area contributed by atoms with E-state index in [2.05, 4.69) is 17.5 Å². The van der Waals surface area contributed by atoms with Crippen LogP contribution in [0.1, 0.15) is 51.9 Å². The van der Waals surface area contributed by atoms with Crippen molar-refractivity contribution in [1.82, 2.24) is 5.43 Å². The zero-order valence-electron chi connectivity index (χ0n) is 8.55. The second kappa shape index (κ2) is 4.12. The first kappa shape index (κ1) is 9.04. The van der Waals surface area contributed by atoms with E-state index in [0.717, 1.165) is 5.92 Å². The lowest BCUT2D eigenvalue weighted by molar-refractivity contribution is 0.498. The van der Waals surface area contributed by atoms with Crippen molar-refractivity contribution in [1.29, 1.82) is 0 Å². The van der Waals surface area contributed by atoms with Crippen LogP contribution in [0.2, 0.25) is 0 Å². The van der Waals surface area contributed by atoms with Gasteiger partial charge in [-0.05, 0) is 38.0 Å². The van der Waals surface area contributed by atoms with Gasteiger partial charge >= 0.3 is 0 Å². The molecule has 2 heteroatoms. The Hall–Kier alpha value is -0.530. The molecule has 1 unspecified atom stereocenters. The van der Waals surface area contributed by atoms with Gasteiger partial charge in [0.2, 0.25) is 0 Å². The van der Waals surface area contributed by atoms with Crippen molar-refractivity contribution in [2.45, 2.75) is 57.9 Å². The fourth-order valence-electron chi connectivity index (χ4n) is 2.29. The van der Waals surface area contributed by atoms with E-state index in [-0.39, 0.29) is 0 Å². The van der Waals surface area contributed by atoms with Gasteiger partial charge in [0.25, 0.3) is 0 Å². The lowest BCUT2D eigenvalue weighted by Crippen LogP contribution is -2.30. The average molecular weight is 180 g/mol. The summed E-state index contributed by atoms with van der Waals surface area (Å²) in [6.45, 7) is 2.26. The smallest absolute Gasteiger partial charge is 0.0440 e. The van der Waals surface area contributed by atoms with Gasteiger partial charge in [-0.1, -0.05) is 19.8 Å². The highest BCUT2D eigenvalue weighted by atomic mass is 15.3. The molecule has 0 spiro atoms. The molecular weight excluding hydrogens is 160 g/mol. The summed E-state index contributed by atoms with van der Waals surface area (Å²) in [6.07, 6.45) is 9.30. The van der Waals surface area contributed by atoms with Crippen molar-refractivity contribution in [2.75, 3.05) is 0 Å². The molecule has 0 bridgehead atoms. The maximum atomic E-state index is 4.53. The van der Waals surface area contributed by atoms with Gasteiger partial charge in [-0.3, -0.25) is 0 Å². The fourth-order valence-corrected chi connectivity index (χ4v) is 2.29. The molecule has 0 aliphatic heterocycles. The lowest BCUT2D eigenvalue weighted by Gasteiger charge is -2.27. The highest BCUT2D eigenvalue weighted by molar-refractivity contribution is 5.91. The molecule has 2 nitrogen and oxygen atoms in total. The first-order valence-corrected chi connectivity index (χ1v) is 5.72. The molecule has 0 aromatic carbocycles. The lowest BCUT2D eigenvalue weighted by atomic mass is 9.81. The van der Waals surface area contributed by atoms with Crippen molar-refractivity contribution < 1.29 is 0 Å². The first-order valence-electron chi connectivity index (χ1n) is 5.72. The third-order valence-electron chi connectivity index (χ3n) is 3.46. The Morgan fingerprint density at radius 2 is 2.08 bits per heavy atom. The Kier molecular flexibility index (Phi) is 2.87. The van der Waals surface area contributed by atoms with Crippen LogP contribution >= 0.6 is 0 Å². The zero-order chi connectivity index (χ0) is 9.10. The average Bonchev–Trinajstić information content (AvgIpc) is 2.56. The molecule has 2 aliphatic rings. The number of hydrogen-bond acceptors (Lipinski definition) is 2. The van der Waals surface area contributed by atoms with E-state index in [0.29, 0.717) is 6.04 Å². The summed E-state index contributed by atoms with van der Waals surface area (Å²) >= 11 is 0. The number of nitrogens with one attached hydrogen (secondary N) is 1. The van der Waals surface area contributed by atoms with Crippen LogP contribution in [0.3, 0.4) is 0 Å². The number of hydrogen-bond donors (Lipinski definition) is 1. The van der Waals surface area contributed by atoms with Gasteiger partial charge in [0, 0.05) is 11.8 Å². The van der Waals surface area contributed by atoms with Crippen molar-refractivity contribution >= 4 is 5.71 Å². The molecule has 0 heterocycles. The van der Waals surface area contributed by atoms with Crippen LogP contribution in [-0.4, -0.2) is 11.8 Å². The molecular formula is C11H20N2. The maximum absolute atomic E-state index is 4.53. The number of hydrazone groups is 1. The molecule has 2 rings (SSSR count). The summed E-state index contributed by atoms with van der Waals surface area (Å²) in [7, 11) is 0. The van der Waals surface area contributed by atoms with Crippen molar-refractivity contribution in [3.63, 3.8) is 0 Å². The van der Waals surface area contributed by atoms with Crippen LogP contribution in [0, 0.1) is 5.92 Å². The highest BCUT2D eigenvalue weighted by Gasteiger charge is 2.24. The Labute approximate surface area is 80.8 Å². The van der Waals surface area contributed by atoms with Crippen LogP contribution < -0.4 is 5.43 Å². The number of nitrogens with zero attached hydrogens (tertiary/aromatic N) is 1. The first-order chi connectivity index (χ1) is 6.40. The standard InChI is InChI=1S/C11H20N2/c1-2-9-7-8-11(9)13-12-10-5-3-4-6-10/h9-10,12H,2-8H2,1H3/b13-11+. The predicted octanol–water partition coefficient (Wildman–Crippen LogP) is 2.69. The SMILES string of the molecule is CCC1CC/C1=N\NC1CCCC1. The topological polar surface area (TPSA) is 24.4 Å². The van der Waals surface area contributed by atoms with E-state index in [4.69, 9.17) is 0 Å². The minimum Gasteiger partial charge on any atom is -0.307 e. The molecule has 1 N–H and O–H groups in total. The summed E-state index contributed by atoms with van der Waals surface area (Å²) in [4.78, 5) is 0. The third-order valence-corrected chi connectivity index (χ3v) is 3.46. The Morgan fingerprint density at radius 3 is 2.62 bits per heavy atom. The Morgan fingerprint density at radius 1 is 1.31 bits per heavy atom. The monoisotopic (exact) mass is 180 g/mol. The van der Waals surface area contributed by atoms with Crippen LogP contribution in [-0.2, 0) is 0 Å². The quantitative estimate of drug-likeness (QED) is 0.663. The molecule has 0 amide bonds. The van der Waals surface area contributed by atoms with E-state index in [9.17, 15) is 0 Å². The number of rotatable bonds is 3. The molecule has 2 aliphatic carbocycles. The van der Waals surface area contributed by atoms with Crippen molar-refractivity contribution in [3.8, 4) is 0 Å². The van der Waals surface area contributed by atoms with E-state index >= 15 is 0 Å². The Bertz CT molecular complexity index is 190. The maximum Gasteiger partial charge on any atom is 0.0440 e. The Balaban J connectivity index is 1.76. The summed E-state index contributed by atoms with van der Waals surface area (Å²) in [5.41, 5.74) is 4.76. The van der Waals surface area contributed by atoms with Crippen LogP contribution in [0.25, 0.3) is 0 Å². The van der Waals surface area contributed by atoms with Gasteiger partial charge < -0.3 is 5.43 Å². The summed E-state index contributed by atoms with van der Waals surface area (Å²) < 4.78 is 0. The van der Waals surface area contributed by atoms with E-state index < -0.39 is 0 Å². The summed E-state index contributed by atoms with van der Waals surface area (Å²) in [5, 5.41) is 4.53. The van der Waals surface area contributed by atoms with Gasteiger partial charge in [-0.15, -0.1) is 0 Å². The molecule has 0 aromatic rings. The minimum absolute atomic E-state index is 0.686. The van der Waals surface area contributed by atoms with Gasteiger partial charge in [0.1, 0.15) is 0 Å². The second-order valence-corrected chi connectivity index (χ2v) is 4.36. The van der Waals surface area contributed by atoms with E-state index in [1.54, 1.807) is 0 Å². The van der Waals surface area contributed by atoms with Crippen LogP contribution in [0.5, 0.6) is 0 Å². The van der Waals surface area contributed by atoms with Gasteiger partial charge in [0.05, 0.1) is 0 Å². The largest absolute Gasteiger partial charge is 0.307 e. The molecule has 13 heavy (non-hydrogen) atoms. The molecule has 74 valence electrons. The molecule has 1 atom stereocenters. The normalized spacial score (nSPS) is 32.1. The van der Waals surface area contributed by atoms with E-state index in [1.165, 1.54) is 50.7 Å². The zero-order valence-corrected chi connectivity index (χ0v) is 8.55. The molecule has 2 fully saturated rings. The molecule has 0 aromatic heterocycles. The van der Waals surface area contributed by atoms with E-state index in [1.807, 2.05) is 0 Å². The third kappa shape index (κ3) is 2.04. The molecule has 2 saturated carbocycles.